The molecule has 0 bridgehead atoms. The van der Waals surface area contributed by atoms with Gasteiger partial charge in [-0.2, -0.15) is 0 Å². The van der Waals surface area contributed by atoms with Crippen LogP contribution in [0.2, 0.25) is 0 Å². The maximum absolute atomic E-state index is 4.79. The molecule has 1 rings (SSSR count). The van der Waals surface area contributed by atoms with Gasteiger partial charge in [-0.1, -0.05) is 32.9 Å². The standard InChI is InChI=1S/C10H12N2S4.Zn/c13-9(14)11-5-7-3-1-2-4-8(7)6-12-10(15)16;/h1-4H,5-6H2,(H2,11,13,14)(H2,12,15,16);/q;+2/p-2. The molecule has 0 unspecified atom stereocenters. The molecule has 0 saturated carbocycles. The zero-order valence-corrected chi connectivity index (χ0v) is 15.3. The summed E-state index contributed by atoms with van der Waals surface area (Å²) in [5, 5.41) is 5.90. The molecule has 0 radical (unpaired) electrons. The minimum atomic E-state index is 0. The maximum atomic E-state index is 4.79. The third kappa shape index (κ3) is 7.16. The molecule has 2 nitrogen and oxygen atoms in total. The maximum Gasteiger partial charge on any atom is 2.00 e. The van der Waals surface area contributed by atoms with Crippen molar-refractivity contribution < 1.29 is 19.5 Å². The van der Waals surface area contributed by atoms with Crippen LogP contribution in [0.25, 0.3) is 0 Å². The fraction of sp³-hybridized carbons (Fsp3) is 0.200. The van der Waals surface area contributed by atoms with Crippen LogP contribution in [-0.4, -0.2) is 8.64 Å². The van der Waals surface area contributed by atoms with Crippen molar-refractivity contribution in [1.29, 1.82) is 0 Å². The van der Waals surface area contributed by atoms with Gasteiger partial charge in [-0.05, 0) is 11.1 Å². The predicted octanol–water partition coefficient (Wildman–Crippen LogP) is 1.53. The Morgan fingerprint density at radius 3 is 1.59 bits per heavy atom. The number of benzene rings is 1. The van der Waals surface area contributed by atoms with E-state index in [4.69, 9.17) is 49.7 Å². The van der Waals surface area contributed by atoms with E-state index in [-0.39, 0.29) is 19.5 Å². The molecule has 0 atom stereocenters. The Morgan fingerprint density at radius 1 is 0.941 bits per heavy atom. The van der Waals surface area contributed by atoms with Gasteiger partial charge in [0.05, 0.1) is 0 Å². The normalized spacial score (nSPS) is 8.94. The molecule has 0 heterocycles. The average Bonchev–Trinajstić information content (AvgIpc) is 2.24. The van der Waals surface area contributed by atoms with Crippen LogP contribution >= 0.6 is 24.4 Å². The van der Waals surface area contributed by atoms with Crippen molar-refractivity contribution in [2.45, 2.75) is 13.1 Å². The molecule has 17 heavy (non-hydrogen) atoms. The quantitative estimate of drug-likeness (QED) is 0.485. The van der Waals surface area contributed by atoms with Gasteiger partial charge in [-0.3, -0.25) is 0 Å². The molecule has 0 fully saturated rings. The molecule has 0 spiro atoms. The Balaban J connectivity index is 0.00000256. The monoisotopic (exact) mass is 350 g/mol. The molecule has 0 aromatic heterocycles. The predicted molar refractivity (Wildman–Crippen MR) is 80.0 cm³/mol. The van der Waals surface area contributed by atoms with E-state index in [1.807, 2.05) is 24.3 Å². The Morgan fingerprint density at radius 2 is 1.29 bits per heavy atom. The number of hydrogen-bond acceptors (Lipinski definition) is 4. The Bertz CT molecular complexity index is 361. The molecular formula is C10H10N2S4Zn. The van der Waals surface area contributed by atoms with Crippen LogP contribution in [0.15, 0.2) is 24.3 Å². The van der Waals surface area contributed by atoms with Gasteiger partial charge in [-0.25, -0.2) is 0 Å². The van der Waals surface area contributed by atoms with Gasteiger partial charge in [0.2, 0.25) is 0 Å². The molecule has 0 amide bonds. The molecule has 1 aromatic rings. The van der Waals surface area contributed by atoms with E-state index in [9.17, 15) is 0 Å². The van der Waals surface area contributed by atoms with Gasteiger partial charge in [0.15, 0.2) is 0 Å². The molecule has 0 aliphatic rings. The molecule has 86 valence electrons. The second-order valence-electron chi connectivity index (χ2n) is 3.05. The largest absolute Gasteiger partial charge is 2.00 e. The van der Waals surface area contributed by atoms with Crippen LogP contribution in [0.4, 0.5) is 0 Å². The van der Waals surface area contributed by atoms with Gasteiger partial charge in [0.1, 0.15) is 0 Å². The molecule has 0 saturated heterocycles. The van der Waals surface area contributed by atoms with Crippen molar-refractivity contribution in [3.05, 3.63) is 35.4 Å². The first kappa shape index (κ1) is 17.1. The van der Waals surface area contributed by atoms with Crippen molar-refractivity contribution in [1.82, 2.24) is 10.6 Å². The van der Waals surface area contributed by atoms with Crippen molar-refractivity contribution in [3.63, 3.8) is 0 Å². The molecule has 1 aromatic carbocycles. The summed E-state index contributed by atoms with van der Waals surface area (Å²) in [6.45, 7) is 1.26. The van der Waals surface area contributed by atoms with E-state index in [1.54, 1.807) is 0 Å². The minimum Gasteiger partial charge on any atom is -0.412 e. The zero-order chi connectivity index (χ0) is 12.0. The topological polar surface area (TPSA) is 24.1 Å². The number of thiocarbonyl (C=S) groups is 2. The van der Waals surface area contributed by atoms with Crippen LogP contribution in [0.1, 0.15) is 11.1 Å². The van der Waals surface area contributed by atoms with Crippen molar-refractivity contribution in [3.8, 4) is 0 Å². The van der Waals surface area contributed by atoms with Crippen LogP contribution in [0.3, 0.4) is 0 Å². The third-order valence-electron chi connectivity index (χ3n) is 1.96. The summed E-state index contributed by atoms with van der Waals surface area (Å²) in [5.41, 5.74) is 2.27. The van der Waals surface area contributed by atoms with Gasteiger partial charge in [0.25, 0.3) is 0 Å². The third-order valence-corrected chi connectivity index (χ3v) is 2.54. The number of hydrogen-bond donors (Lipinski definition) is 2. The summed E-state index contributed by atoms with van der Waals surface area (Å²) in [4.78, 5) is 0. The van der Waals surface area contributed by atoms with Gasteiger partial charge in [0, 0.05) is 13.1 Å². The SMILES string of the molecule is S=C([S-])NCc1ccccc1CNC(=S)[S-].[Zn+2]. The van der Waals surface area contributed by atoms with Crippen molar-refractivity contribution >= 4 is 58.3 Å². The van der Waals surface area contributed by atoms with E-state index < -0.39 is 0 Å². The number of rotatable bonds is 4. The summed E-state index contributed by atoms with van der Waals surface area (Å²) >= 11 is 19.2. The molecular weight excluding hydrogens is 342 g/mol. The molecule has 0 aliphatic heterocycles. The van der Waals surface area contributed by atoms with Crippen LogP contribution in [-0.2, 0) is 57.8 Å². The molecule has 2 N–H and O–H groups in total. The summed E-state index contributed by atoms with van der Waals surface area (Å²) in [5.74, 6) is 0. The van der Waals surface area contributed by atoms with E-state index in [0.717, 1.165) is 11.1 Å². The minimum absolute atomic E-state index is 0. The summed E-state index contributed by atoms with van der Waals surface area (Å²) in [6.07, 6.45) is 0. The Labute approximate surface area is 136 Å². The van der Waals surface area contributed by atoms with Gasteiger partial charge in [-0.15, -0.1) is 0 Å². The summed E-state index contributed by atoms with van der Waals surface area (Å²) in [7, 11) is 0. The first-order chi connectivity index (χ1) is 7.59. The van der Waals surface area contributed by atoms with E-state index in [1.165, 1.54) is 0 Å². The van der Waals surface area contributed by atoms with Gasteiger partial charge >= 0.3 is 19.5 Å². The van der Waals surface area contributed by atoms with Crippen LogP contribution in [0.5, 0.6) is 0 Å². The first-order valence-corrected chi connectivity index (χ1v) is 6.19. The van der Waals surface area contributed by atoms with E-state index in [0.29, 0.717) is 21.7 Å². The summed E-state index contributed by atoms with van der Waals surface area (Å²) in [6, 6.07) is 7.98. The van der Waals surface area contributed by atoms with Crippen LogP contribution in [0, 0.1) is 0 Å². The average molecular weight is 352 g/mol. The smallest absolute Gasteiger partial charge is 0.412 e. The second kappa shape index (κ2) is 9.05. The van der Waals surface area contributed by atoms with Crippen molar-refractivity contribution in [2.24, 2.45) is 0 Å². The first-order valence-electron chi connectivity index (χ1n) is 4.56. The Kier molecular flexibility index (Phi) is 9.09. The zero-order valence-electron chi connectivity index (χ0n) is 9.06. The summed E-state index contributed by atoms with van der Waals surface area (Å²) < 4.78 is 0.753. The fourth-order valence-electron chi connectivity index (χ4n) is 1.24. The second-order valence-corrected chi connectivity index (χ2v) is 5.20. The molecule has 7 heteroatoms. The van der Waals surface area contributed by atoms with E-state index >= 15 is 0 Å². The number of nitrogens with one attached hydrogen (secondary N) is 2. The van der Waals surface area contributed by atoms with Crippen molar-refractivity contribution in [2.75, 3.05) is 0 Å². The van der Waals surface area contributed by atoms with Crippen LogP contribution < -0.4 is 10.6 Å². The Hall–Kier alpha value is 0.0634. The van der Waals surface area contributed by atoms with E-state index in [2.05, 4.69) is 10.6 Å². The molecule has 0 aliphatic carbocycles. The fourth-order valence-corrected chi connectivity index (χ4v) is 1.53. The van der Waals surface area contributed by atoms with Gasteiger partial charge < -0.3 is 60.3 Å².